The van der Waals surface area contributed by atoms with E-state index in [-0.39, 0.29) is 26.6 Å². The topological polar surface area (TPSA) is 52.6 Å². The number of unbranched alkanes of at least 4 members (excludes halogenated alkanes) is 3. The van der Waals surface area contributed by atoms with Crippen LogP contribution in [0.15, 0.2) is 12.1 Å². The van der Waals surface area contributed by atoms with Crippen molar-refractivity contribution >= 4 is 53.2 Å². The number of hydrogen-bond acceptors (Lipinski definition) is 4. The molecule has 1 aromatic carbocycles. The number of hydrogen-bond donors (Lipinski definition) is 0. The van der Waals surface area contributed by atoms with Gasteiger partial charge in [-0.15, -0.1) is 0 Å². The third-order valence-electron chi connectivity index (χ3n) is 4.73. The summed E-state index contributed by atoms with van der Waals surface area (Å²) in [5.41, 5.74) is 0. The largest absolute Gasteiger partial charge is 0.417 e. The minimum Gasteiger partial charge on any atom is -0.417 e. The van der Waals surface area contributed by atoms with Crippen molar-refractivity contribution in [3.05, 3.63) is 27.2 Å². The van der Waals surface area contributed by atoms with Gasteiger partial charge in [0, 0.05) is 11.6 Å². The Morgan fingerprint density at radius 2 is 1.48 bits per heavy atom. The predicted octanol–water partition coefficient (Wildman–Crippen LogP) is 6.94. The van der Waals surface area contributed by atoms with Crippen LogP contribution in [0.3, 0.4) is 0 Å². The lowest BCUT2D eigenvalue weighted by Gasteiger charge is -2.36. The molecule has 0 saturated heterocycles. The highest BCUT2D eigenvalue weighted by atomic mass is 35.5. The fourth-order valence-electron chi connectivity index (χ4n) is 2.06. The Morgan fingerprint density at radius 1 is 0.963 bits per heavy atom. The van der Waals surface area contributed by atoms with Crippen molar-refractivity contribution < 1.29 is 17.0 Å². The molecular weight excluding hydrogens is 447 g/mol. The lowest BCUT2D eigenvalue weighted by Crippen LogP contribution is -2.40. The first-order chi connectivity index (χ1) is 12.3. The van der Waals surface area contributed by atoms with Crippen molar-refractivity contribution in [3.8, 4) is 5.75 Å². The Bertz CT molecular complexity index is 708. The molecule has 0 radical (unpaired) electrons. The van der Waals surface area contributed by atoms with Crippen LogP contribution in [0.2, 0.25) is 33.2 Å². The van der Waals surface area contributed by atoms with E-state index in [2.05, 4.69) is 33.9 Å². The average molecular weight is 476 g/mol. The normalized spacial score (nSPS) is 13.0. The zero-order chi connectivity index (χ0) is 20.9. The lowest BCUT2D eigenvalue weighted by molar-refractivity contribution is 0.278. The summed E-state index contributed by atoms with van der Waals surface area (Å²) in [5.74, 6) is -0.170. The summed E-state index contributed by atoms with van der Waals surface area (Å²) < 4.78 is 35.4. The summed E-state index contributed by atoms with van der Waals surface area (Å²) in [6.45, 7) is 11.8. The molecule has 0 N–H and O–H groups in total. The van der Waals surface area contributed by atoms with Crippen molar-refractivity contribution in [2.45, 2.75) is 64.6 Å². The Labute approximate surface area is 179 Å². The number of benzene rings is 1. The molecule has 0 aliphatic carbocycles. The molecule has 0 fully saturated rings. The third-order valence-corrected chi connectivity index (χ3v) is 11.3. The van der Waals surface area contributed by atoms with Crippen molar-refractivity contribution in [2.24, 2.45) is 0 Å². The van der Waals surface area contributed by atoms with Gasteiger partial charge in [0.15, 0.2) is 14.1 Å². The van der Waals surface area contributed by atoms with Crippen LogP contribution in [0.4, 0.5) is 0 Å². The summed E-state index contributed by atoms with van der Waals surface area (Å²) >= 11 is 17.7. The van der Waals surface area contributed by atoms with Crippen LogP contribution >= 0.6 is 34.8 Å². The van der Waals surface area contributed by atoms with Gasteiger partial charge < -0.3 is 8.61 Å². The van der Waals surface area contributed by atoms with Crippen LogP contribution in [-0.2, 0) is 14.5 Å². The first-order valence-corrected chi connectivity index (χ1v) is 14.6. The van der Waals surface area contributed by atoms with E-state index in [1.807, 2.05) is 0 Å². The maximum atomic E-state index is 12.1. The number of halogens is 3. The molecule has 0 aliphatic rings. The Hall–Kier alpha value is 0.0169. The quantitative estimate of drug-likeness (QED) is 0.209. The van der Waals surface area contributed by atoms with Gasteiger partial charge in [0.05, 0.1) is 15.8 Å². The molecule has 0 saturated carbocycles. The second-order valence-electron chi connectivity index (χ2n) is 8.07. The molecule has 0 amide bonds. The van der Waals surface area contributed by atoms with Crippen LogP contribution in [0.25, 0.3) is 0 Å². The Kier molecular flexibility index (Phi) is 9.44. The lowest BCUT2D eigenvalue weighted by atomic mass is 10.2. The molecule has 0 heterocycles. The Balaban J connectivity index is 2.36. The molecular formula is C18H29Cl3O4SSi. The van der Waals surface area contributed by atoms with E-state index in [1.54, 1.807) is 0 Å². The molecule has 0 aliphatic heterocycles. The van der Waals surface area contributed by atoms with Crippen molar-refractivity contribution in [2.75, 3.05) is 12.4 Å². The third kappa shape index (κ3) is 8.50. The van der Waals surface area contributed by atoms with E-state index in [1.165, 1.54) is 12.1 Å². The second kappa shape index (κ2) is 10.2. The minimum absolute atomic E-state index is 0.0684. The summed E-state index contributed by atoms with van der Waals surface area (Å²) in [6, 6.07) is 2.78. The van der Waals surface area contributed by atoms with Crippen LogP contribution in [0.5, 0.6) is 5.75 Å². The molecule has 0 aromatic heterocycles. The SMILES string of the molecule is CC(C)(C)[Si](C)(C)OCCCCCCS(=O)(=O)Oc1c(Cl)cc(Cl)cc1Cl. The van der Waals surface area contributed by atoms with Gasteiger partial charge in [-0.2, -0.15) is 8.42 Å². The van der Waals surface area contributed by atoms with Gasteiger partial charge in [-0.3, -0.25) is 0 Å². The van der Waals surface area contributed by atoms with E-state index in [9.17, 15) is 8.42 Å². The molecule has 156 valence electrons. The van der Waals surface area contributed by atoms with E-state index < -0.39 is 18.4 Å². The van der Waals surface area contributed by atoms with Crippen LogP contribution in [-0.4, -0.2) is 29.1 Å². The van der Waals surface area contributed by atoms with Crippen LogP contribution in [0, 0.1) is 0 Å². The fourth-order valence-corrected chi connectivity index (χ4v) is 5.20. The molecule has 1 rings (SSSR count). The first kappa shape index (κ1) is 25.1. The van der Waals surface area contributed by atoms with Gasteiger partial charge in [0.25, 0.3) is 0 Å². The van der Waals surface area contributed by atoms with Gasteiger partial charge in [-0.1, -0.05) is 68.4 Å². The first-order valence-electron chi connectivity index (χ1n) is 8.96. The predicted molar refractivity (Wildman–Crippen MR) is 118 cm³/mol. The van der Waals surface area contributed by atoms with Crippen LogP contribution in [0.1, 0.15) is 46.5 Å². The summed E-state index contributed by atoms with van der Waals surface area (Å²) in [6.07, 6.45) is 3.12. The van der Waals surface area contributed by atoms with Crippen LogP contribution < -0.4 is 4.18 Å². The zero-order valence-electron chi connectivity index (χ0n) is 16.6. The maximum absolute atomic E-state index is 12.1. The van der Waals surface area contributed by atoms with E-state index >= 15 is 0 Å². The van der Waals surface area contributed by atoms with Crippen molar-refractivity contribution in [1.29, 1.82) is 0 Å². The van der Waals surface area contributed by atoms with Gasteiger partial charge in [0.2, 0.25) is 0 Å². The minimum atomic E-state index is -3.76. The van der Waals surface area contributed by atoms with Crippen molar-refractivity contribution in [1.82, 2.24) is 0 Å². The molecule has 9 heteroatoms. The fraction of sp³-hybridized carbons (Fsp3) is 0.667. The smallest absolute Gasteiger partial charge is 0.309 e. The maximum Gasteiger partial charge on any atom is 0.309 e. The standard InChI is InChI=1S/C18H29Cl3O4SSi/c1-18(2,3)27(4,5)24-10-8-6-7-9-11-26(22,23)25-17-15(20)12-14(19)13-16(17)21/h12-13H,6-11H2,1-5H3. The molecule has 4 nitrogen and oxygen atoms in total. The molecule has 0 unspecified atom stereocenters. The van der Waals surface area contributed by atoms with E-state index in [0.717, 1.165) is 25.9 Å². The zero-order valence-corrected chi connectivity index (χ0v) is 20.7. The van der Waals surface area contributed by atoms with Gasteiger partial charge >= 0.3 is 10.1 Å². The summed E-state index contributed by atoms with van der Waals surface area (Å²) in [5, 5.41) is 0.648. The molecule has 27 heavy (non-hydrogen) atoms. The monoisotopic (exact) mass is 474 g/mol. The molecule has 0 bridgehead atoms. The average Bonchev–Trinajstić information content (AvgIpc) is 2.48. The highest BCUT2D eigenvalue weighted by Crippen LogP contribution is 2.37. The Morgan fingerprint density at radius 3 is 2.00 bits per heavy atom. The van der Waals surface area contributed by atoms with Gasteiger partial charge in [-0.25, -0.2) is 0 Å². The highest BCUT2D eigenvalue weighted by molar-refractivity contribution is 7.87. The van der Waals surface area contributed by atoms with E-state index in [0.29, 0.717) is 11.4 Å². The van der Waals surface area contributed by atoms with Crippen molar-refractivity contribution in [3.63, 3.8) is 0 Å². The molecule has 0 spiro atoms. The van der Waals surface area contributed by atoms with Gasteiger partial charge in [0.1, 0.15) is 0 Å². The number of rotatable bonds is 10. The van der Waals surface area contributed by atoms with Gasteiger partial charge in [-0.05, 0) is 43.1 Å². The molecule has 0 atom stereocenters. The highest BCUT2D eigenvalue weighted by Gasteiger charge is 2.36. The second-order valence-corrected chi connectivity index (χ2v) is 15.8. The molecule has 1 aromatic rings. The van der Waals surface area contributed by atoms with E-state index in [4.69, 9.17) is 43.4 Å². The summed E-state index contributed by atoms with van der Waals surface area (Å²) in [4.78, 5) is 0. The summed E-state index contributed by atoms with van der Waals surface area (Å²) in [7, 11) is -5.48.